The van der Waals surface area contributed by atoms with Gasteiger partial charge in [0.15, 0.2) is 2.96 Å². The van der Waals surface area contributed by atoms with Crippen molar-refractivity contribution in [1.29, 1.82) is 0 Å². The second kappa shape index (κ2) is 6.71. The Labute approximate surface area is 132 Å². The van der Waals surface area contributed by atoms with Gasteiger partial charge in [-0.05, 0) is 23.6 Å². The zero-order valence-electron chi connectivity index (χ0n) is 10.8. The molecule has 1 aliphatic rings. The van der Waals surface area contributed by atoms with Gasteiger partial charge in [-0.2, -0.15) is 0 Å². The molecule has 0 radical (unpaired) electrons. The second-order valence-electron chi connectivity index (χ2n) is 4.00. The zero-order valence-corrected chi connectivity index (χ0v) is 14.6. The molecule has 0 aliphatic carbocycles. The van der Waals surface area contributed by atoms with E-state index in [0.717, 1.165) is 8.65 Å². The van der Waals surface area contributed by atoms with Crippen LogP contribution in [0.2, 0.25) is 5.02 Å². The van der Waals surface area contributed by atoms with Gasteiger partial charge in [-0.25, -0.2) is 0 Å². The minimum Gasteiger partial charge on any atom is -0.378 e. The lowest BCUT2D eigenvalue weighted by Gasteiger charge is -2.13. The highest BCUT2D eigenvalue weighted by Crippen LogP contribution is 2.31. The highest BCUT2D eigenvalue weighted by atomic mass is 127. The molecule has 0 saturated carbocycles. The first-order chi connectivity index (χ1) is 9.06. The van der Waals surface area contributed by atoms with E-state index in [-0.39, 0.29) is 21.0 Å². The van der Waals surface area contributed by atoms with Gasteiger partial charge < -0.3 is 8.01 Å². The van der Waals surface area contributed by atoms with Gasteiger partial charge in [0.25, 0.3) is 0 Å². The molecule has 19 heavy (non-hydrogen) atoms. The third-order valence-corrected chi connectivity index (χ3v) is 6.09. The van der Waals surface area contributed by atoms with Crippen LogP contribution >= 0.6 is 44.4 Å². The smallest absolute Gasteiger partial charge is 0.172 e. The Morgan fingerprint density at radius 2 is 2.11 bits per heavy atom. The summed E-state index contributed by atoms with van der Waals surface area (Å²) in [4.78, 5) is 2.00. The Morgan fingerprint density at radius 3 is 2.74 bits per heavy atom. The monoisotopic (exact) mass is 408 g/mol. The van der Waals surface area contributed by atoms with Crippen molar-refractivity contribution >= 4 is 58.7 Å². The Morgan fingerprint density at radius 1 is 1.32 bits per heavy atom. The highest BCUT2D eigenvalue weighted by Gasteiger charge is 2.05. The fourth-order valence-corrected chi connectivity index (χ4v) is 4.92. The van der Waals surface area contributed by atoms with Gasteiger partial charge in [0.1, 0.15) is 5.69 Å². The van der Waals surface area contributed by atoms with Crippen LogP contribution in [0.3, 0.4) is 0 Å². The molecule has 0 bridgehead atoms. The Balaban J connectivity index is 2.15. The van der Waals surface area contributed by atoms with Gasteiger partial charge >= 0.3 is 0 Å². The summed E-state index contributed by atoms with van der Waals surface area (Å²) in [5.41, 5.74) is 1.76. The molecule has 2 rings (SSSR count). The van der Waals surface area contributed by atoms with E-state index in [0.29, 0.717) is 10.7 Å². The predicted octanol–water partition coefficient (Wildman–Crippen LogP) is 4.61. The van der Waals surface area contributed by atoms with E-state index in [1.54, 1.807) is 11.8 Å². The summed E-state index contributed by atoms with van der Waals surface area (Å²) < 4.78 is 3.23. The third kappa shape index (κ3) is 4.19. The number of azo groups is 1. The molecule has 0 spiro atoms. The van der Waals surface area contributed by atoms with Crippen molar-refractivity contribution in [3.8, 4) is 0 Å². The first kappa shape index (κ1) is 14.8. The minimum atomic E-state index is -0.225. The number of nitrogens with zero attached hydrogens (tertiary/aromatic N) is 4. The van der Waals surface area contributed by atoms with Crippen LogP contribution in [0.1, 0.15) is 0 Å². The minimum absolute atomic E-state index is 0.225. The van der Waals surface area contributed by atoms with Crippen molar-refractivity contribution in [3.05, 3.63) is 34.8 Å². The molecule has 1 aromatic rings. The van der Waals surface area contributed by atoms with Crippen LogP contribution in [0.4, 0.5) is 11.4 Å². The SMILES string of the molecule is CN1C=CSC(N=Nc2ccc(N(C)C)cc2Cl)=I1. The molecule has 0 saturated heterocycles. The maximum absolute atomic E-state index is 6.21. The molecule has 4 nitrogen and oxygen atoms in total. The van der Waals surface area contributed by atoms with E-state index in [9.17, 15) is 0 Å². The highest BCUT2D eigenvalue weighted by molar-refractivity contribution is 14.2. The summed E-state index contributed by atoms with van der Waals surface area (Å²) in [6, 6.07) is 5.78. The first-order valence-electron chi connectivity index (χ1n) is 5.53. The van der Waals surface area contributed by atoms with Gasteiger partial charge in [-0.15, -0.1) is 10.2 Å². The van der Waals surface area contributed by atoms with Crippen molar-refractivity contribution in [2.75, 3.05) is 26.0 Å². The molecule has 0 unspecified atom stereocenters. The van der Waals surface area contributed by atoms with E-state index in [1.165, 1.54) is 0 Å². The molecule has 7 heteroatoms. The maximum atomic E-state index is 6.21. The van der Waals surface area contributed by atoms with E-state index in [1.807, 2.05) is 42.6 Å². The summed E-state index contributed by atoms with van der Waals surface area (Å²) in [5, 5.41) is 11.2. The van der Waals surface area contributed by atoms with Crippen molar-refractivity contribution in [2.24, 2.45) is 10.2 Å². The Hall–Kier alpha value is -0.600. The molecule has 1 aliphatic heterocycles. The molecule has 0 aromatic heterocycles. The average molecular weight is 409 g/mol. The number of hydrogen-bond acceptors (Lipinski definition) is 5. The van der Waals surface area contributed by atoms with E-state index < -0.39 is 0 Å². The van der Waals surface area contributed by atoms with Gasteiger partial charge in [0.05, 0.1) is 5.02 Å². The third-order valence-electron chi connectivity index (χ3n) is 2.32. The molecule has 0 fully saturated rings. The molecule has 1 heterocycles. The van der Waals surface area contributed by atoms with Crippen LogP contribution < -0.4 is 4.90 Å². The topological polar surface area (TPSA) is 31.2 Å². The van der Waals surface area contributed by atoms with Crippen molar-refractivity contribution in [1.82, 2.24) is 3.11 Å². The molecule has 0 amide bonds. The average Bonchev–Trinajstić information content (AvgIpc) is 2.37. The number of benzene rings is 1. The number of hydrogen-bond donors (Lipinski definition) is 0. The summed E-state index contributed by atoms with van der Waals surface area (Å²) in [6.07, 6.45) is 2.07. The van der Waals surface area contributed by atoms with Crippen molar-refractivity contribution in [3.63, 3.8) is 0 Å². The number of thioether (sulfide) groups is 1. The van der Waals surface area contributed by atoms with Gasteiger partial charge in [0, 0.05) is 54.0 Å². The van der Waals surface area contributed by atoms with Crippen molar-refractivity contribution < 1.29 is 0 Å². The molecular formula is C12H14ClIN4S. The van der Waals surface area contributed by atoms with Crippen LogP contribution in [-0.2, 0) is 0 Å². The quantitative estimate of drug-likeness (QED) is 0.416. The Kier molecular flexibility index (Phi) is 5.23. The lowest BCUT2D eigenvalue weighted by atomic mass is 10.3. The lowest BCUT2D eigenvalue weighted by molar-refractivity contribution is 0.837. The maximum Gasteiger partial charge on any atom is 0.172 e. The van der Waals surface area contributed by atoms with Crippen LogP contribution in [0.5, 0.6) is 0 Å². The van der Waals surface area contributed by atoms with Gasteiger partial charge in [-0.1, -0.05) is 23.4 Å². The van der Waals surface area contributed by atoms with Crippen LogP contribution in [0.25, 0.3) is 0 Å². The predicted molar refractivity (Wildman–Crippen MR) is 93.8 cm³/mol. The van der Waals surface area contributed by atoms with Gasteiger partial charge in [0.2, 0.25) is 0 Å². The van der Waals surface area contributed by atoms with Crippen LogP contribution in [-0.4, -0.2) is 27.2 Å². The fraction of sp³-hybridized carbons (Fsp3) is 0.250. The van der Waals surface area contributed by atoms with Crippen LogP contribution in [0, 0.1) is 0 Å². The van der Waals surface area contributed by atoms with E-state index in [2.05, 4.69) is 26.6 Å². The molecule has 0 N–H and O–H groups in total. The molecule has 1 aromatic carbocycles. The second-order valence-corrected chi connectivity index (χ2v) is 9.06. The number of anilines is 1. The molecular weight excluding hydrogens is 395 g/mol. The summed E-state index contributed by atoms with van der Waals surface area (Å²) in [7, 11) is 6.01. The standard InChI is InChI=1S/C12H14ClIN4S/c1-17(2)9-4-5-11(10(13)8-9)15-16-12-14-18(3)6-7-19-12/h4-8H,1-3H3. The Bertz CT molecular complexity index is 557. The van der Waals surface area contributed by atoms with Gasteiger partial charge in [-0.3, -0.25) is 0 Å². The van der Waals surface area contributed by atoms with E-state index >= 15 is 0 Å². The summed E-state index contributed by atoms with van der Waals surface area (Å²) in [6.45, 7) is 0. The van der Waals surface area contributed by atoms with Crippen LogP contribution in [0.15, 0.2) is 40.0 Å². The van der Waals surface area contributed by atoms with E-state index in [4.69, 9.17) is 11.6 Å². The van der Waals surface area contributed by atoms with Crippen molar-refractivity contribution in [2.45, 2.75) is 0 Å². The normalized spacial score (nSPS) is 15.4. The molecule has 102 valence electrons. The zero-order chi connectivity index (χ0) is 13.8. The molecule has 0 atom stereocenters. The first-order valence-corrected chi connectivity index (χ1v) is 8.83. The lowest BCUT2D eigenvalue weighted by Crippen LogP contribution is -2.07. The number of rotatable bonds is 3. The summed E-state index contributed by atoms with van der Waals surface area (Å²) in [5.74, 6) is 0. The largest absolute Gasteiger partial charge is 0.378 e. The number of halogens is 2. The fourth-order valence-electron chi connectivity index (χ4n) is 1.32. The summed E-state index contributed by atoms with van der Waals surface area (Å²) >= 11 is 7.61.